The van der Waals surface area contributed by atoms with Gasteiger partial charge in [0.15, 0.2) is 0 Å². The highest BCUT2D eigenvalue weighted by Crippen LogP contribution is 2.19. The van der Waals surface area contributed by atoms with Crippen molar-refractivity contribution in [2.24, 2.45) is 0 Å². The lowest BCUT2D eigenvalue weighted by Gasteiger charge is -2.15. The number of carbonyl (C=O) groups is 1. The van der Waals surface area contributed by atoms with Gasteiger partial charge in [-0.3, -0.25) is 9.78 Å². The van der Waals surface area contributed by atoms with E-state index in [-0.39, 0.29) is 18.5 Å². The van der Waals surface area contributed by atoms with Crippen molar-refractivity contribution in [3.05, 3.63) is 58.3 Å². The second kappa shape index (κ2) is 7.22. The Hall–Kier alpha value is -1.88. The molecule has 0 unspecified atom stereocenters. The highest BCUT2D eigenvalue weighted by Gasteiger charge is 2.09. The summed E-state index contributed by atoms with van der Waals surface area (Å²) < 4.78 is 1.03. The molecule has 0 saturated heterocycles. The fraction of sp³-hybridized carbons (Fsp3) is 0.250. The van der Waals surface area contributed by atoms with Crippen LogP contribution in [0.25, 0.3) is 0 Å². The van der Waals surface area contributed by atoms with Crippen LogP contribution < -0.4 is 10.6 Å². The lowest BCUT2D eigenvalue weighted by molar-refractivity contribution is -0.120. The molecule has 0 spiro atoms. The smallest absolute Gasteiger partial charge is 0.239 e. The van der Waals surface area contributed by atoms with Crippen molar-refractivity contribution in [3.63, 3.8) is 0 Å². The topological polar surface area (TPSA) is 54.0 Å². The average molecular weight is 348 g/mol. The van der Waals surface area contributed by atoms with Gasteiger partial charge < -0.3 is 10.6 Å². The predicted molar refractivity (Wildman–Crippen MR) is 88.2 cm³/mol. The number of hydrogen-bond acceptors (Lipinski definition) is 3. The maximum Gasteiger partial charge on any atom is 0.239 e. The summed E-state index contributed by atoms with van der Waals surface area (Å²) in [5.74, 6) is -0.0475. The summed E-state index contributed by atoms with van der Waals surface area (Å²) in [5, 5.41) is 6.09. The van der Waals surface area contributed by atoms with Crippen LogP contribution in [0.2, 0.25) is 0 Å². The molecule has 110 valence electrons. The van der Waals surface area contributed by atoms with E-state index < -0.39 is 0 Å². The summed E-state index contributed by atoms with van der Waals surface area (Å²) in [6.07, 6.45) is 3.48. The minimum atomic E-state index is -0.0565. The van der Waals surface area contributed by atoms with Gasteiger partial charge in [0.05, 0.1) is 12.6 Å². The van der Waals surface area contributed by atoms with Gasteiger partial charge in [0.25, 0.3) is 0 Å². The summed E-state index contributed by atoms with van der Waals surface area (Å²) in [4.78, 5) is 16.0. The first-order valence-electron chi connectivity index (χ1n) is 6.75. The van der Waals surface area contributed by atoms with Crippen LogP contribution in [0.15, 0.2) is 47.2 Å². The first-order valence-corrected chi connectivity index (χ1v) is 7.55. The van der Waals surface area contributed by atoms with Crippen molar-refractivity contribution in [2.45, 2.75) is 19.9 Å². The Morgan fingerprint density at radius 3 is 2.86 bits per heavy atom. The quantitative estimate of drug-likeness (QED) is 0.870. The van der Waals surface area contributed by atoms with E-state index in [0.29, 0.717) is 0 Å². The second-order valence-corrected chi connectivity index (χ2v) is 5.80. The molecule has 21 heavy (non-hydrogen) atoms. The molecule has 0 aliphatic carbocycles. The van der Waals surface area contributed by atoms with Gasteiger partial charge >= 0.3 is 0 Å². The minimum Gasteiger partial charge on any atom is -0.376 e. The number of anilines is 1. The number of benzene rings is 1. The van der Waals surface area contributed by atoms with E-state index in [9.17, 15) is 4.79 Å². The Bertz CT molecular complexity index is 616. The molecule has 0 radical (unpaired) electrons. The first-order chi connectivity index (χ1) is 10.1. The van der Waals surface area contributed by atoms with E-state index in [2.05, 4.69) is 31.5 Å². The Labute approximate surface area is 133 Å². The SMILES string of the molecule is Cc1cc(Br)ccc1NCC(=O)N[C@@H](C)c1cccnc1. The number of halogens is 1. The Morgan fingerprint density at radius 1 is 1.38 bits per heavy atom. The monoisotopic (exact) mass is 347 g/mol. The molecule has 0 saturated carbocycles. The van der Waals surface area contributed by atoms with Crippen molar-refractivity contribution in [1.82, 2.24) is 10.3 Å². The third-order valence-electron chi connectivity index (χ3n) is 3.19. The van der Waals surface area contributed by atoms with Gasteiger partial charge in [-0.2, -0.15) is 0 Å². The molecule has 1 aromatic heterocycles. The fourth-order valence-electron chi connectivity index (χ4n) is 2.01. The van der Waals surface area contributed by atoms with Crippen LogP contribution in [0.1, 0.15) is 24.1 Å². The fourth-order valence-corrected chi connectivity index (χ4v) is 2.48. The van der Waals surface area contributed by atoms with Gasteiger partial charge in [0.2, 0.25) is 5.91 Å². The van der Waals surface area contributed by atoms with E-state index in [1.165, 1.54) is 0 Å². The Morgan fingerprint density at radius 2 is 2.19 bits per heavy atom. The first kappa shape index (κ1) is 15.5. The standard InChI is InChI=1S/C16H18BrN3O/c1-11-8-14(17)5-6-15(11)19-10-16(21)20-12(2)13-4-3-7-18-9-13/h3-9,12,19H,10H2,1-2H3,(H,20,21)/t12-/m0/s1. The molecule has 0 fully saturated rings. The molecule has 1 heterocycles. The molecule has 4 nitrogen and oxygen atoms in total. The molecule has 0 bridgehead atoms. The molecular weight excluding hydrogens is 330 g/mol. The lowest BCUT2D eigenvalue weighted by atomic mass is 10.1. The average Bonchev–Trinajstić information content (AvgIpc) is 2.47. The zero-order chi connectivity index (χ0) is 15.2. The van der Waals surface area contributed by atoms with Crippen LogP contribution in [0, 0.1) is 6.92 Å². The van der Waals surface area contributed by atoms with Crippen LogP contribution in [0.3, 0.4) is 0 Å². The normalized spacial score (nSPS) is 11.8. The van der Waals surface area contributed by atoms with Crippen molar-refractivity contribution in [2.75, 3.05) is 11.9 Å². The van der Waals surface area contributed by atoms with Crippen LogP contribution in [0.5, 0.6) is 0 Å². The van der Waals surface area contributed by atoms with Gasteiger partial charge in [0, 0.05) is 22.6 Å². The zero-order valence-corrected chi connectivity index (χ0v) is 13.6. The van der Waals surface area contributed by atoms with E-state index in [1.807, 2.05) is 44.2 Å². The van der Waals surface area contributed by atoms with Crippen molar-refractivity contribution in [1.29, 1.82) is 0 Å². The largest absolute Gasteiger partial charge is 0.376 e. The number of aromatic nitrogens is 1. The predicted octanol–water partition coefficient (Wildman–Crippen LogP) is 3.44. The van der Waals surface area contributed by atoms with Crippen LogP contribution in [-0.2, 0) is 4.79 Å². The maximum atomic E-state index is 12.0. The molecule has 2 N–H and O–H groups in total. The van der Waals surface area contributed by atoms with Gasteiger partial charge in [-0.1, -0.05) is 22.0 Å². The molecule has 1 amide bonds. The van der Waals surface area contributed by atoms with E-state index in [0.717, 1.165) is 21.3 Å². The maximum absolute atomic E-state index is 12.0. The highest BCUT2D eigenvalue weighted by atomic mass is 79.9. The Balaban J connectivity index is 1.87. The summed E-state index contributed by atoms with van der Waals surface area (Å²) in [7, 11) is 0. The number of amides is 1. The van der Waals surface area contributed by atoms with Gasteiger partial charge in [0.1, 0.15) is 0 Å². The van der Waals surface area contributed by atoms with Crippen molar-refractivity contribution >= 4 is 27.5 Å². The molecule has 2 aromatic rings. The van der Waals surface area contributed by atoms with Gasteiger partial charge in [-0.05, 0) is 49.2 Å². The van der Waals surface area contributed by atoms with Crippen molar-refractivity contribution < 1.29 is 4.79 Å². The van der Waals surface area contributed by atoms with Crippen LogP contribution >= 0.6 is 15.9 Å². The van der Waals surface area contributed by atoms with E-state index >= 15 is 0 Å². The summed E-state index contributed by atoms with van der Waals surface area (Å²) in [6, 6.07) is 9.67. The van der Waals surface area contributed by atoms with Crippen LogP contribution in [-0.4, -0.2) is 17.4 Å². The van der Waals surface area contributed by atoms with Gasteiger partial charge in [-0.15, -0.1) is 0 Å². The number of pyridine rings is 1. The summed E-state index contributed by atoms with van der Waals surface area (Å²) >= 11 is 3.42. The molecular formula is C16H18BrN3O. The summed E-state index contributed by atoms with van der Waals surface area (Å²) in [6.45, 7) is 4.19. The molecule has 2 rings (SSSR count). The minimum absolute atomic E-state index is 0.0475. The highest BCUT2D eigenvalue weighted by molar-refractivity contribution is 9.10. The Kier molecular flexibility index (Phi) is 5.33. The lowest BCUT2D eigenvalue weighted by Crippen LogP contribution is -2.32. The third kappa shape index (κ3) is 4.56. The molecule has 1 aromatic carbocycles. The number of hydrogen-bond donors (Lipinski definition) is 2. The number of carbonyl (C=O) groups excluding carboxylic acids is 1. The third-order valence-corrected chi connectivity index (χ3v) is 3.68. The van der Waals surface area contributed by atoms with E-state index in [4.69, 9.17) is 0 Å². The molecule has 1 atom stereocenters. The molecule has 5 heteroatoms. The van der Waals surface area contributed by atoms with E-state index in [1.54, 1.807) is 12.4 Å². The van der Waals surface area contributed by atoms with Gasteiger partial charge in [-0.25, -0.2) is 0 Å². The number of rotatable bonds is 5. The summed E-state index contributed by atoms with van der Waals surface area (Å²) in [5.41, 5.74) is 3.05. The molecule has 0 aliphatic heterocycles. The van der Waals surface area contributed by atoms with Crippen molar-refractivity contribution in [3.8, 4) is 0 Å². The number of aryl methyl sites for hydroxylation is 1. The zero-order valence-electron chi connectivity index (χ0n) is 12.1. The second-order valence-electron chi connectivity index (χ2n) is 4.89. The molecule has 0 aliphatic rings. The number of nitrogens with zero attached hydrogens (tertiary/aromatic N) is 1. The van der Waals surface area contributed by atoms with Crippen LogP contribution in [0.4, 0.5) is 5.69 Å². The number of nitrogens with one attached hydrogen (secondary N) is 2.